The topological polar surface area (TPSA) is 109 Å². The van der Waals surface area contributed by atoms with Crippen LogP contribution < -0.4 is 5.32 Å². The van der Waals surface area contributed by atoms with E-state index in [1.54, 1.807) is 30.7 Å². The average Bonchev–Trinajstić information content (AvgIpc) is 3.17. The minimum Gasteiger partial charge on any atom is -0.465 e. The molecule has 4 aromatic rings. The SMILES string of the molecule is CCC(=O)c1cc(C)c(-c2cc3cnc(NC(=O)O)cc3n3ccnc23)cn1. The summed E-state index contributed by atoms with van der Waals surface area (Å²) < 4.78 is 1.88. The standard InChI is InChI=1S/C20H17N5O3/c1-3-17(26)15-6-11(2)14(10-22-15)13-7-12-9-23-18(24-20(27)28)8-16(12)25-5-4-21-19(13)25/h4-10H,3H2,1-2H3,(H,23,24)(H,27,28). The highest BCUT2D eigenvalue weighted by Crippen LogP contribution is 2.31. The van der Waals surface area contributed by atoms with Crippen LogP contribution in [0.3, 0.4) is 0 Å². The zero-order valence-corrected chi connectivity index (χ0v) is 15.3. The maximum atomic E-state index is 11.9. The second-order valence-corrected chi connectivity index (χ2v) is 6.40. The maximum Gasteiger partial charge on any atom is 0.410 e. The van der Waals surface area contributed by atoms with Crippen molar-refractivity contribution in [3.63, 3.8) is 0 Å². The summed E-state index contributed by atoms with van der Waals surface area (Å²) in [5.74, 6) is 0.241. The smallest absolute Gasteiger partial charge is 0.410 e. The second-order valence-electron chi connectivity index (χ2n) is 6.40. The molecular formula is C20H17N5O3. The van der Waals surface area contributed by atoms with Gasteiger partial charge in [-0.25, -0.2) is 14.8 Å². The quantitative estimate of drug-likeness (QED) is 0.523. The number of carbonyl (C=O) groups is 2. The fraction of sp³-hybridized carbons (Fsp3) is 0.150. The summed E-state index contributed by atoms with van der Waals surface area (Å²) in [7, 11) is 0. The van der Waals surface area contributed by atoms with Crippen molar-refractivity contribution in [1.29, 1.82) is 0 Å². The highest BCUT2D eigenvalue weighted by atomic mass is 16.4. The Labute approximate surface area is 159 Å². The van der Waals surface area contributed by atoms with Crippen molar-refractivity contribution in [3.8, 4) is 11.1 Å². The van der Waals surface area contributed by atoms with E-state index in [1.165, 1.54) is 0 Å². The Morgan fingerprint density at radius 1 is 1.11 bits per heavy atom. The third-order valence-corrected chi connectivity index (χ3v) is 4.60. The van der Waals surface area contributed by atoms with Gasteiger partial charge in [0.2, 0.25) is 0 Å². The Bertz CT molecular complexity index is 1250. The van der Waals surface area contributed by atoms with Crippen molar-refractivity contribution in [2.24, 2.45) is 0 Å². The van der Waals surface area contributed by atoms with E-state index in [2.05, 4.69) is 20.3 Å². The summed E-state index contributed by atoms with van der Waals surface area (Å²) in [4.78, 5) is 35.8. The molecule has 0 aliphatic heterocycles. The molecule has 0 saturated carbocycles. The molecule has 140 valence electrons. The number of ketones is 1. The van der Waals surface area contributed by atoms with Crippen LogP contribution in [0, 0.1) is 6.92 Å². The van der Waals surface area contributed by atoms with Gasteiger partial charge >= 0.3 is 6.09 Å². The van der Waals surface area contributed by atoms with E-state index in [1.807, 2.05) is 30.5 Å². The number of rotatable bonds is 4. The van der Waals surface area contributed by atoms with Gasteiger partial charge in [-0.15, -0.1) is 0 Å². The average molecular weight is 375 g/mol. The first kappa shape index (κ1) is 17.6. The maximum absolute atomic E-state index is 11.9. The molecule has 0 bridgehead atoms. The molecule has 8 nitrogen and oxygen atoms in total. The Kier molecular flexibility index (Phi) is 4.23. The zero-order valence-electron chi connectivity index (χ0n) is 15.3. The summed E-state index contributed by atoms with van der Waals surface area (Å²) >= 11 is 0. The van der Waals surface area contributed by atoms with Gasteiger partial charge in [-0.1, -0.05) is 6.92 Å². The number of aryl methyl sites for hydroxylation is 1. The van der Waals surface area contributed by atoms with E-state index in [-0.39, 0.29) is 11.6 Å². The Balaban J connectivity index is 1.91. The minimum atomic E-state index is -1.17. The van der Waals surface area contributed by atoms with Gasteiger partial charge in [0.05, 0.1) is 5.52 Å². The summed E-state index contributed by atoms with van der Waals surface area (Å²) in [6.07, 6.45) is 6.03. The molecule has 0 spiro atoms. The molecule has 1 amide bonds. The molecule has 0 saturated heterocycles. The van der Waals surface area contributed by atoms with Crippen molar-refractivity contribution < 1.29 is 14.7 Å². The van der Waals surface area contributed by atoms with E-state index in [9.17, 15) is 9.59 Å². The van der Waals surface area contributed by atoms with Gasteiger partial charge in [0, 0.05) is 53.8 Å². The largest absolute Gasteiger partial charge is 0.465 e. The highest BCUT2D eigenvalue weighted by molar-refractivity contribution is 5.96. The first-order chi connectivity index (χ1) is 13.5. The summed E-state index contributed by atoms with van der Waals surface area (Å²) in [5, 5.41) is 12.0. The van der Waals surface area contributed by atoms with E-state index in [0.29, 0.717) is 17.8 Å². The van der Waals surface area contributed by atoms with Gasteiger partial charge in [0.1, 0.15) is 17.2 Å². The van der Waals surface area contributed by atoms with Crippen LogP contribution in [0.5, 0.6) is 0 Å². The highest BCUT2D eigenvalue weighted by Gasteiger charge is 2.15. The lowest BCUT2D eigenvalue weighted by Crippen LogP contribution is -2.08. The number of hydrogen-bond donors (Lipinski definition) is 2. The summed E-state index contributed by atoms with van der Waals surface area (Å²) in [6, 6.07) is 5.40. The number of hydrogen-bond acceptors (Lipinski definition) is 5. The molecule has 0 atom stereocenters. The summed E-state index contributed by atoms with van der Waals surface area (Å²) in [5.41, 5.74) is 4.60. The van der Waals surface area contributed by atoms with E-state index in [4.69, 9.17) is 5.11 Å². The fourth-order valence-electron chi connectivity index (χ4n) is 3.24. The predicted octanol–water partition coefficient (Wildman–Crippen LogP) is 3.94. The molecule has 4 aromatic heterocycles. The van der Waals surface area contributed by atoms with E-state index >= 15 is 0 Å². The molecule has 0 unspecified atom stereocenters. The van der Waals surface area contributed by atoms with Gasteiger partial charge in [-0.3, -0.25) is 19.5 Å². The number of Topliss-reactive ketones (excluding diaryl/α,β-unsaturated/α-hetero) is 1. The number of imidazole rings is 1. The molecule has 0 aliphatic carbocycles. The number of carbonyl (C=O) groups excluding carboxylic acids is 1. The Morgan fingerprint density at radius 2 is 1.93 bits per heavy atom. The Hall–Kier alpha value is -3.81. The van der Waals surface area contributed by atoms with Gasteiger partial charge in [0.25, 0.3) is 0 Å². The molecule has 2 N–H and O–H groups in total. The molecule has 0 aromatic carbocycles. The fourth-order valence-corrected chi connectivity index (χ4v) is 3.24. The van der Waals surface area contributed by atoms with Crippen LogP contribution in [0.2, 0.25) is 0 Å². The molecule has 0 aliphatic rings. The number of carboxylic acid groups (broad SMARTS) is 1. The lowest BCUT2D eigenvalue weighted by atomic mass is 10.0. The zero-order chi connectivity index (χ0) is 19.8. The normalized spacial score (nSPS) is 11.1. The second kappa shape index (κ2) is 6.73. The first-order valence-corrected chi connectivity index (χ1v) is 8.74. The Morgan fingerprint density at radius 3 is 2.64 bits per heavy atom. The van der Waals surface area contributed by atoms with E-state index < -0.39 is 6.09 Å². The molecule has 4 heterocycles. The molecular weight excluding hydrogens is 358 g/mol. The van der Waals surface area contributed by atoms with Crippen LogP contribution in [-0.2, 0) is 0 Å². The lowest BCUT2D eigenvalue weighted by molar-refractivity contribution is 0.0983. The molecule has 8 heteroatoms. The van der Waals surface area contributed by atoms with Crippen molar-refractivity contribution in [1.82, 2.24) is 19.4 Å². The third-order valence-electron chi connectivity index (χ3n) is 4.60. The molecule has 0 radical (unpaired) electrons. The monoisotopic (exact) mass is 375 g/mol. The first-order valence-electron chi connectivity index (χ1n) is 8.74. The van der Waals surface area contributed by atoms with Crippen LogP contribution in [0.1, 0.15) is 29.4 Å². The van der Waals surface area contributed by atoms with Crippen LogP contribution in [0.25, 0.3) is 27.7 Å². The number of nitrogens with one attached hydrogen (secondary N) is 1. The third kappa shape index (κ3) is 2.94. The number of nitrogens with zero attached hydrogens (tertiary/aromatic N) is 4. The lowest BCUT2D eigenvalue weighted by Gasteiger charge is -2.12. The minimum absolute atomic E-state index is 0.00165. The number of anilines is 1. The van der Waals surface area contributed by atoms with Crippen molar-refractivity contribution in [3.05, 3.63) is 54.2 Å². The van der Waals surface area contributed by atoms with Gasteiger partial charge in [-0.05, 0) is 24.6 Å². The van der Waals surface area contributed by atoms with Gasteiger partial charge in [-0.2, -0.15) is 0 Å². The van der Waals surface area contributed by atoms with Crippen LogP contribution in [0.4, 0.5) is 10.6 Å². The predicted molar refractivity (Wildman–Crippen MR) is 105 cm³/mol. The van der Waals surface area contributed by atoms with Gasteiger partial charge in [0.15, 0.2) is 5.78 Å². The van der Waals surface area contributed by atoms with Crippen LogP contribution in [0.15, 0.2) is 43.0 Å². The van der Waals surface area contributed by atoms with Crippen LogP contribution in [-0.4, -0.2) is 36.3 Å². The van der Waals surface area contributed by atoms with E-state index in [0.717, 1.165) is 27.6 Å². The van der Waals surface area contributed by atoms with Crippen molar-refractivity contribution in [2.75, 3.05) is 5.32 Å². The van der Waals surface area contributed by atoms with Crippen molar-refractivity contribution in [2.45, 2.75) is 20.3 Å². The number of pyridine rings is 3. The molecule has 4 rings (SSSR count). The summed E-state index contributed by atoms with van der Waals surface area (Å²) in [6.45, 7) is 3.75. The number of amides is 1. The molecule has 0 fully saturated rings. The van der Waals surface area contributed by atoms with Crippen LogP contribution >= 0.6 is 0 Å². The van der Waals surface area contributed by atoms with Gasteiger partial charge < -0.3 is 5.11 Å². The number of fused-ring (bicyclic) bond motifs is 3. The number of aromatic nitrogens is 4. The molecule has 28 heavy (non-hydrogen) atoms. The van der Waals surface area contributed by atoms with Crippen molar-refractivity contribution >= 4 is 34.2 Å².